The molecule has 0 aliphatic rings. The molecule has 0 aliphatic heterocycles. The van der Waals surface area contributed by atoms with Crippen LogP contribution in [0.1, 0.15) is 18.4 Å². The molecule has 2 rings (SSSR count). The van der Waals surface area contributed by atoms with Crippen molar-refractivity contribution in [1.29, 1.82) is 0 Å². The molecule has 0 radical (unpaired) electrons. The van der Waals surface area contributed by atoms with Gasteiger partial charge in [-0.05, 0) is 37.1 Å². The number of rotatable bonds is 9. The number of hydrogen-bond acceptors (Lipinski definition) is 6. The molecule has 0 fully saturated rings. The number of benzene rings is 2. The minimum atomic E-state index is -3.59. The zero-order valence-corrected chi connectivity index (χ0v) is 18.3. The maximum atomic E-state index is 12.3. The molecule has 162 valence electrons. The number of nitro benzene ring substituents is 1. The molecule has 1 amide bonds. The van der Waals surface area contributed by atoms with E-state index in [-0.39, 0.29) is 36.5 Å². The Hall–Kier alpha value is -2.85. The Morgan fingerprint density at radius 2 is 1.97 bits per heavy atom. The van der Waals surface area contributed by atoms with Gasteiger partial charge in [0.2, 0.25) is 15.9 Å². The van der Waals surface area contributed by atoms with E-state index in [0.29, 0.717) is 10.7 Å². The molecular weight excluding hydrogens is 434 g/mol. The summed E-state index contributed by atoms with van der Waals surface area (Å²) in [7, 11) is -2.21. The van der Waals surface area contributed by atoms with Crippen LogP contribution in [0.25, 0.3) is 0 Å². The minimum absolute atomic E-state index is 0.00250. The molecule has 0 spiro atoms. The average Bonchev–Trinajstić information content (AvgIpc) is 2.66. The molecule has 0 aliphatic carbocycles. The van der Waals surface area contributed by atoms with Crippen molar-refractivity contribution in [1.82, 2.24) is 0 Å². The quantitative estimate of drug-likeness (QED) is 0.454. The Morgan fingerprint density at radius 1 is 1.27 bits per heavy atom. The van der Waals surface area contributed by atoms with Gasteiger partial charge in [-0.2, -0.15) is 0 Å². The molecule has 0 heterocycles. The first kappa shape index (κ1) is 23.4. The lowest BCUT2D eigenvalue weighted by Crippen LogP contribution is -2.32. The summed E-state index contributed by atoms with van der Waals surface area (Å²) in [6.07, 6.45) is 1.31. The number of amides is 1. The number of carbonyl (C=O) groups is 1. The third kappa shape index (κ3) is 6.07. The molecule has 0 aromatic heterocycles. The van der Waals surface area contributed by atoms with E-state index in [1.807, 2.05) is 0 Å². The lowest BCUT2D eigenvalue weighted by atomic mass is 10.2. The van der Waals surface area contributed by atoms with E-state index in [1.165, 1.54) is 29.6 Å². The van der Waals surface area contributed by atoms with Crippen molar-refractivity contribution in [2.24, 2.45) is 0 Å². The predicted molar refractivity (Wildman–Crippen MR) is 116 cm³/mol. The summed E-state index contributed by atoms with van der Waals surface area (Å²) in [6, 6.07) is 8.81. The Bertz CT molecular complexity index is 1060. The largest absolute Gasteiger partial charge is 0.495 e. The summed E-state index contributed by atoms with van der Waals surface area (Å²) >= 11 is 6.00. The van der Waals surface area contributed by atoms with Crippen molar-refractivity contribution in [3.8, 4) is 5.75 Å². The molecular formula is C19H22ClN3O6S. The van der Waals surface area contributed by atoms with Crippen LogP contribution in [-0.2, 0) is 14.8 Å². The van der Waals surface area contributed by atoms with Crippen molar-refractivity contribution in [3.05, 3.63) is 57.1 Å². The van der Waals surface area contributed by atoms with Crippen LogP contribution in [-0.4, -0.2) is 39.2 Å². The number of halogens is 1. The summed E-state index contributed by atoms with van der Waals surface area (Å²) in [5.74, 6) is -0.147. The van der Waals surface area contributed by atoms with E-state index >= 15 is 0 Å². The predicted octanol–water partition coefficient (Wildman–Crippen LogP) is 3.75. The third-order valence-electron chi connectivity index (χ3n) is 4.27. The summed E-state index contributed by atoms with van der Waals surface area (Å²) in [4.78, 5) is 22.7. The van der Waals surface area contributed by atoms with Crippen LogP contribution in [0.3, 0.4) is 0 Å². The summed E-state index contributed by atoms with van der Waals surface area (Å²) in [6.45, 7) is 1.84. The first-order valence-electron chi connectivity index (χ1n) is 8.89. The number of non-ortho nitro benzene ring substituents is 1. The summed E-state index contributed by atoms with van der Waals surface area (Å²) in [5, 5.41) is 13.9. The molecule has 1 N–H and O–H groups in total. The van der Waals surface area contributed by atoms with Gasteiger partial charge >= 0.3 is 0 Å². The smallest absolute Gasteiger partial charge is 0.271 e. The topological polar surface area (TPSA) is 119 Å². The molecule has 0 atom stereocenters. The highest BCUT2D eigenvalue weighted by Crippen LogP contribution is 2.29. The highest BCUT2D eigenvalue weighted by atomic mass is 35.5. The monoisotopic (exact) mass is 455 g/mol. The number of nitro groups is 1. The van der Waals surface area contributed by atoms with Gasteiger partial charge in [-0.25, -0.2) is 8.42 Å². The Balaban J connectivity index is 2.09. The molecule has 11 heteroatoms. The van der Waals surface area contributed by atoms with Gasteiger partial charge < -0.3 is 10.1 Å². The van der Waals surface area contributed by atoms with Crippen LogP contribution in [0.15, 0.2) is 36.4 Å². The number of sulfonamides is 1. The first-order chi connectivity index (χ1) is 14.0. The molecule has 2 aromatic rings. The van der Waals surface area contributed by atoms with Crippen LogP contribution in [0.4, 0.5) is 17.1 Å². The van der Waals surface area contributed by atoms with Crippen molar-refractivity contribution >= 4 is 44.6 Å². The van der Waals surface area contributed by atoms with Crippen molar-refractivity contribution < 1.29 is 22.9 Å². The Morgan fingerprint density at radius 3 is 2.57 bits per heavy atom. The van der Waals surface area contributed by atoms with Gasteiger partial charge in [0.1, 0.15) is 5.75 Å². The van der Waals surface area contributed by atoms with Crippen LogP contribution >= 0.6 is 11.6 Å². The lowest BCUT2D eigenvalue weighted by molar-refractivity contribution is -0.384. The normalized spacial score (nSPS) is 11.1. The molecule has 0 saturated heterocycles. The molecule has 0 saturated carbocycles. The number of anilines is 2. The summed E-state index contributed by atoms with van der Waals surface area (Å²) < 4.78 is 30.8. The Labute approximate surface area is 179 Å². The van der Waals surface area contributed by atoms with Crippen LogP contribution in [0, 0.1) is 17.0 Å². The average molecular weight is 456 g/mol. The SMILES string of the molecule is COc1ccc([N+](=O)[O-])cc1NC(=O)CCCN(c1cc(Cl)ccc1C)S(C)(=O)=O. The third-order valence-corrected chi connectivity index (χ3v) is 5.69. The molecule has 0 bridgehead atoms. The number of methoxy groups -OCH3 is 1. The number of carbonyl (C=O) groups excluding carboxylic acids is 1. The van der Waals surface area contributed by atoms with Gasteiger partial charge in [0.15, 0.2) is 0 Å². The first-order valence-corrected chi connectivity index (χ1v) is 11.1. The second-order valence-electron chi connectivity index (χ2n) is 6.56. The standard InChI is InChI=1S/C19H22ClN3O6S/c1-13-6-7-14(20)11-17(13)22(30(3,27)28)10-4-5-19(24)21-16-12-15(23(25)26)8-9-18(16)29-2/h6-9,11-12H,4-5,10H2,1-3H3,(H,21,24). The van der Waals surface area contributed by atoms with E-state index < -0.39 is 20.9 Å². The molecule has 2 aromatic carbocycles. The van der Waals surface area contributed by atoms with E-state index in [0.717, 1.165) is 11.8 Å². The maximum absolute atomic E-state index is 12.3. The van der Waals surface area contributed by atoms with Gasteiger partial charge in [0.25, 0.3) is 5.69 Å². The zero-order valence-electron chi connectivity index (χ0n) is 16.7. The molecule has 0 unspecified atom stereocenters. The van der Waals surface area contributed by atoms with Crippen LogP contribution in [0.2, 0.25) is 5.02 Å². The number of nitrogens with one attached hydrogen (secondary N) is 1. The Kier molecular flexibility index (Phi) is 7.63. The number of nitrogens with zero attached hydrogens (tertiary/aromatic N) is 2. The zero-order chi connectivity index (χ0) is 22.5. The minimum Gasteiger partial charge on any atom is -0.495 e. The fourth-order valence-corrected chi connectivity index (χ4v) is 4.00. The van der Waals surface area contributed by atoms with E-state index in [4.69, 9.17) is 16.3 Å². The molecule has 30 heavy (non-hydrogen) atoms. The van der Waals surface area contributed by atoms with Gasteiger partial charge in [0.05, 0.1) is 29.7 Å². The second-order valence-corrected chi connectivity index (χ2v) is 8.90. The number of hydrogen-bond donors (Lipinski definition) is 1. The van der Waals surface area contributed by atoms with Crippen molar-refractivity contribution in [2.75, 3.05) is 29.5 Å². The fraction of sp³-hybridized carbons (Fsp3) is 0.316. The highest BCUT2D eigenvalue weighted by molar-refractivity contribution is 7.92. The van der Waals surface area contributed by atoms with Crippen LogP contribution in [0.5, 0.6) is 5.75 Å². The van der Waals surface area contributed by atoms with Gasteiger partial charge in [-0.15, -0.1) is 0 Å². The van der Waals surface area contributed by atoms with Crippen molar-refractivity contribution in [2.45, 2.75) is 19.8 Å². The second kappa shape index (κ2) is 9.77. The van der Waals surface area contributed by atoms with Crippen LogP contribution < -0.4 is 14.4 Å². The van der Waals surface area contributed by atoms with Gasteiger partial charge in [-0.1, -0.05) is 17.7 Å². The summed E-state index contributed by atoms with van der Waals surface area (Å²) in [5.41, 5.74) is 1.16. The van der Waals surface area contributed by atoms with E-state index in [2.05, 4.69) is 5.32 Å². The number of aryl methyl sites for hydroxylation is 1. The van der Waals surface area contributed by atoms with E-state index in [1.54, 1.807) is 25.1 Å². The van der Waals surface area contributed by atoms with Gasteiger partial charge in [-0.3, -0.25) is 19.2 Å². The van der Waals surface area contributed by atoms with E-state index in [9.17, 15) is 23.3 Å². The van der Waals surface area contributed by atoms with Gasteiger partial charge in [0, 0.05) is 30.1 Å². The maximum Gasteiger partial charge on any atom is 0.271 e. The lowest BCUT2D eigenvalue weighted by Gasteiger charge is -2.24. The highest BCUT2D eigenvalue weighted by Gasteiger charge is 2.20. The van der Waals surface area contributed by atoms with Crippen molar-refractivity contribution in [3.63, 3.8) is 0 Å². The number of ether oxygens (including phenoxy) is 1. The molecule has 9 nitrogen and oxygen atoms in total. The fourth-order valence-electron chi connectivity index (χ4n) is 2.82.